The van der Waals surface area contributed by atoms with Crippen molar-refractivity contribution in [1.82, 2.24) is 24.1 Å². The van der Waals surface area contributed by atoms with Gasteiger partial charge in [-0.1, -0.05) is 218 Å². The van der Waals surface area contributed by atoms with E-state index in [9.17, 15) is 0 Å². The van der Waals surface area contributed by atoms with Crippen LogP contribution >= 0.6 is 0 Å². The first-order chi connectivity index (χ1) is 34.2. The monoisotopic (exact) mass is 879 g/mol. The average Bonchev–Trinajstić information content (AvgIpc) is 4.06. The summed E-state index contributed by atoms with van der Waals surface area (Å²) >= 11 is 0. The topological polar surface area (TPSA) is 48.5 Å². The van der Waals surface area contributed by atoms with Gasteiger partial charge in [0.25, 0.3) is 0 Å². The van der Waals surface area contributed by atoms with E-state index in [0.717, 1.165) is 55.0 Å². The molecule has 0 saturated carbocycles. The van der Waals surface area contributed by atoms with Crippen molar-refractivity contribution >= 4 is 43.6 Å². The molecule has 0 amide bonds. The highest BCUT2D eigenvalue weighted by atomic mass is 15.2. The second-order valence-corrected chi connectivity index (χ2v) is 17.9. The van der Waals surface area contributed by atoms with Crippen molar-refractivity contribution in [1.29, 1.82) is 0 Å². The molecule has 3 heterocycles. The SMILES string of the molecule is c1ccc(-c2ccc(-n3c4ccccc4c4ccc5c6ccccc6n(-c6nc(-c7ccccc7)nc(-c7ccc8c(c7)C(c7ccccc7)(c7ccccc7)c7ccccc7-8)n6)c5c43)cc2)cc1. The van der Waals surface area contributed by atoms with E-state index in [1.165, 1.54) is 49.9 Å². The van der Waals surface area contributed by atoms with E-state index in [0.29, 0.717) is 17.6 Å². The lowest BCUT2D eigenvalue weighted by molar-refractivity contribution is 0.768. The number of benzene rings is 10. The molecule has 1 aliphatic rings. The van der Waals surface area contributed by atoms with Crippen LogP contribution in [-0.4, -0.2) is 24.1 Å². The van der Waals surface area contributed by atoms with Gasteiger partial charge in [-0.15, -0.1) is 0 Å². The fraction of sp³-hybridized carbons (Fsp3) is 0.0156. The molecule has 13 aromatic rings. The molecule has 10 aromatic carbocycles. The molecule has 0 atom stereocenters. The Labute approximate surface area is 398 Å². The van der Waals surface area contributed by atoms with Gasteiger partial charge in [0, 0.05) is 38.4 Å². The predicted octanol–water partition coefficient (Wildman–Crippen LogP) is 15.4. The Kier molecular flexibility index (Phi) is 8.73. The van der Waals surface area contributed by atoms with Gasteiger partial charge < -0.3 is 4.57 Å². The second-order valence-electron chi connectivity index (χ2n) is 17.9. The van der Waals surface area contributed by atoms with Crippen LogP contribution in [0.3, 0.4) is 0 Å². The Morgan fingerprint density at radius 1 is 0.304 bits per heavy atom. The summed E-state index contributed by atoms with van der Waals surface area (Å²) in [7, 11) is 0. The Morgan fingerprint density at radius 2 is 0.768 bits per heavy atom. The van der Waals surface area contributed by atoms with Gasteiger partial charge in [-0.05, 0) is 74.8 Å². The quantitative estimate of drug-likeness (QED) is 0.160. The number of hydrogen-bond donors (Lipinski definition) is 0. The molecule has 0 bridgehead atoms. The molecule has 0 N–H and O–H groups in total. The predicted molar refractivity (Wildman–Crippen MR) is 282 cm³/mol. The van der Waals surface area contributed by atoms with Crippen LogP contribution in [0.1, 0.15) is 22.3 Å². The van der Waals surface area contributed by atoms with Gasteiger partial charge in [-0.3, -0.25) is 4.57 Å². The largest absolute Gasteiger partial charge is 0.307 e. The van der Waals surface area contributed by atoms with Crippen LogP contribution in [0.4, 0.5) is 0 Å². The van der Waals surface area contributed by atoms with E-state index in [1.807, 2.05) is 18.2 Å². The first-order valence-corrected chi connectivity index (χ1v) is 23.5. The zero-order chi connectivity index (χ0) is 45.5. The maximum Gasteiger partial charge on any atom is 0.238 e. The number of hydrogen-bond acceptors (Lipinski definition) is 3. The Morgan fingerprint density at radius 3 is 1.41 bits per heavy atom. The third kappa shape index (κ3) is 5.87. The minimum absolute atomic E-state index is 0.551. The van der Waals surface area contributed by atoms with Crippen LogP contribution in [-0.2, 0) is 5.41 Å². The lowest BCUT2D eigenvalue weighted by Gasteiger charge is -2.34. The van der Waals surface area contributed by atoms with Crippen molar-refractivity contribution in [2.45, 2.75) is 5.41 Å². The summed E-state index contributed by atoms with van der Waals surface area (Å²) in [4.78, 5) is 16.4. The fourth-order valence-electron chi connectivity index (χ4n) is 11.3. The van der Waals surface area contributed by atoms with Gasteiger partial charge in [0.15, 0.2) is 11.6 Å². The summed E-state index contributed by atoms with van der Waals surface area (Å²) in [6.45, 7) is 0. The van der Waals surface area contributed by atoms with Crippen molar-refractivity contribution in [3.05, 3.63) is 271 Å². The van der Waals surface area contributed by atoms with Crippen LogP contribution in [0.2, 0.25) is 0 Å². The lowest BCUT2D eigenvalue weighted by atomic mass is 9.67. The normalized spacial score (nSPS) is 12.8. The summed E-state index contributed by atoms with van der Waals surface area (Å²) in [5.74, 6) is 1.75. The van der Waals surface area contributed by atoms with Crippen molar-refractivity contribution in [2.75, 3.05) is 0 Å². The molecule has 0 spiro atoms. The summed E-state index contributed by atoms with van der Waals surface area (Å²) in [6.07, 6.45) is 0. The molecule has 3 aromatic heterocycles. The third-order valence-electron chi connectivity index (χ3n) is 14.3. The highest BCUT2D eigenvalue weighted by Gasteiger charge is 2.46. The van der Waals surface area contributed by atoms with E-state index in [4.69, 9.17) is 15.0 Å². The van der Waals surface area contributed by atoms with Gasteiger partial charge in [0.2, 0.25) is 5.95 Å². The molecular formula is C64H41N5. The molecule has 5 heteroatoms. The van der Waals surface area contributed by atoms with E-state index < -0.39 is 5.41 Å². The molecular weight excluding hydrogens is 839 g/mol. The van der Waals surface area contributed by atoms with Crippen LogP contribution in [0.25, 0.3) is 100 Å². The number of aromatic nitrogens is 5. The molecule has 0 aliphatic heterocycles. The molecule has 0 fully saturated rings. The minimum Gasteiger partial charge on any atom is -0.307 e. The number of rotatable bonds is 7. The van der Waals surface area contributed by atoms with E-state index in [1.54, 1.807) is 0 Å². The Bertz CT molecular complexity index is 4060. The minimum atomic E-state index is -0.576. The van der Waals surface area contributed by atoms with Gasteiger partial charge in [0.1, 0.15) is 0 Å². The summed E-state index contributed by atoms with van der Waals surface area (Å²) in [6, 6.07) is 89.2. The number of para-hydroxylation sites is 2. The van der Waals surface area contributed by atoms with Gasteiger partial charge >= 0.3 is 0 Å². The zero-order valence-electron chi connectivity index (χ0n) is 37.4. The van der Waals surface area contributed by atoms with Crippen LogP contribution in [0.5, 0.6) is 0 Å². The second kappa shape index (κ2) is 15.4. The fourth-order valence-corrected chi connectivity index (χ4v) is 11.3. The molecule has 69 heavy (non-hydrogen) atoms. The summed E-state index contributed by atoms with van der Waals surface area (Å²) in [5.41, 5.74) is 16.3. The highest BCUT2D eigenvalue weighted by molar-refractivity contribution is 6.23. The van der Waals surface area contributed by atoms with Gasteiger partial charge in [-0.2, -0.15) is 9.97 Å². The number of nitrogens with zero attached hydrogens (tertiary/aromatic N) is 5. The first-order valence-electron chi connectivity index (χ1n) is 23.5. The molecule has 1 aliphatic carbocycles. The van der Waals surface area contributed by atoms with Crippen molar-refractivity contribution < 1.29 is 0 Å². The Balaban J connectivity index is 1.05. The molecule has 5 nitrogen and oxygen atoms in total. The van der Waals surface area contributed by atoms with Crippen molar-refractivity contribution in [2.24, 2.45) is 0 Å². The smallest absolute Gasteiger partial charge is 0.238 e. The Hall–Kier alpha value is -9.19. The highest BCUT2D eigenvalue weighted by Crippen LogP contribution is 2.56. The summed E-state index contributed by atoms with van der Waals surface area (Å²) < 4.78 is 4.70. The average molecular weight is 880 g/mol. The van der Waals surface area contributed by atoms with Gasteiger partial charge in [-0.25, -0.2) is 4.98 Å². The van der Waals surface area contributed by atoms with E-state index >= 15 is 0 Å². The molecule has 0 saturated heterocycles. The maximum atomic E-state index is 5.58. The van der Waals surface area contributed by atoms with Crippen LogP contribution < -0.4 is 0 Å². The zero-order valence-corrected chi connectivity index (χ0v) is 37.4. The molecule has 14 rings (SSSR count). The molecule has 322 valence electrons. The molecule has 0 unspecified atom stereocenters. The maximum absolute atomic E-state index is 5.58. The van der Waals surface area contributed by atoms with E-state index in [-0.39, 0.29) is 0 Å². The van der Waals surface area contributed by atoms with E-state index in [2.05, 4.69) is 240 Å². The summed E-state index contributed by atoms with van der Waals surface area (Å²) in [5, 5.41) is 4.58. The third-order valence-corrected chi connectivity index (χ3v) is 14.3. The van der Waals surface area contributed by atoms with Crippen LogP contribution in [0, 0.1) is 0 Å². The number of fused-ring (bicyclic) bond motifs is 10. The van der Waals surface area contributed by atoms with Crippen molar-refractivity contribution in [3.8, 4) is 56.7 Å². The van der Waals surface area contributed by atoms with Gasteiger partial charge in [0.05, 0.1) is 27.5 Å². The first kappa shape index (κ1) is 39.0. The lowest BCUT2D eigenvalue weighted by Crippen LogP contribution is -2.28. The molecule has 0 radical (unpaired) electrons. The standard InChI is InChI=1S/C64H41N5/c1-5-19-42(20-6-1)43-33-36-48(37-34-43)68-57-31-17-14-28-51(57)53-39-40-54-52-29-15-18-32-58(52)69(60(54)59(53)68)63-66-61(44-21-7-2-8-22-44)65-62(67-63)45-35-38-50-49-27-13-16-30-55(49)64(56(50)41-45,46-23-9-3-10-24-46)47-25-11-4-12-26-47/h1-41H. The van der Waals surface area contributed by atoms with Crippen molar-refractivity contribution in [3.63, 3.8) is 0 Å². The van der Waals surface area contributed by atoms with Crippen LogP contribution in [0.15, 0.2) is 249 Å².